The molecule has 8 nitrogen and oxygen atoms in total. The molecule has 5 heterocycles. The zero-order valence-corrected chi connectivity index (χ0v) is 19.8. The molecule has 35 heavy (non-hydrogen) atoms. The highest BCUT2D eigenvalue weighted by molar-refractivity contribution is 5.97. The first kappa shape index (κ1) is 21.7. The number of hydrogen-bond donors (Lipinski definition) is 2. The number of halogens is 1. The Kier molecular flexibility index (Phi) is 5.41. The van der Waals surface area contributed by atoms with Gasteiger partial charge in [-0.05, 0) is 57.1 Å². The van der Waals surface area contributed by atoms with Crippen molar-refractivity contribution in [3.63, 3.8) is 0 Å². The lowest BCUT2D eigenvalue weighted by Crippen LogP contribution is -2.29. The summed E-state index contributed by atoms with van der Waals surface area (Å²) in [5.41, 5.74) is 6.16. The summed E-state index contributed by atoms with van der Waals surface area (Å²) in [4.78, 5) is 21.5. The van der Waals surface area contributed by atoms with Crippen LogP contribution in [0.25, 0.3) is 44.7 Å². The van der Waals surface area contributed by atoms with Crippen molar-refractivity contribution in [2.75, 3.05) is 32.1 Å². The predicted octanol–water partition coefficient (Wildman–Crippen LogP) is 4.75. The molecule has 5 aromatic rings. The summed E-state index contributed by atoms with van der Waals surface area (Å²) in [6.45, 7) is 2.79. The summed E-state index contributed by atoms with van der Waals surface area (Å²) in [5, 5.41) is 8.24. The van der Waals surface area contributed by atoms with Gasteiger partial charge in [-0.1, -0.05) is 0 Å². The summed E-state index contributed by atoms with van der Waals surface area (Å²) < 4.78 is 15.1. The smallest absolute Gasteiger partial charge is 0.180 e. The second-order valence-electron chi connectivity index (χ2n) is 9.43. The summed E-state index contributed by atoms with van der Waals surface area (Å²) in [7, 11) is 3.99. The first-order valence-corrected chi connectivity index (χ1v) is 11.9. The SMILES string of the molecule is CN(C)Cc1cncc(-c2cc3c(-c4nc5nccc(N6CCCCC6)c5[nH]4)n[nH]c3cc2F)c1. The number of nitrogens with one attached hydrogen (secondary N) is 2. The van der Waals surface area contributed by atoms with Gasteiger partial charge in [-0.15, -0.1) is 0 Å². The normalized spacial score (nSPS) is 14.5. The Labute approximate surface area is 202 Å². The molecular weight excluding hydrogens is 443 g/mol. The zero-order valence-electron chi connectivity index (χ0n) is 19.8. The van der Waals surface area contributed by atoms with Crippen LogP contribution in [0, 0.1) is 5.82 Å². The number of imidazole rings is 1. The average Bonchev–Trinajstić information content (AvgIpc) is 3.47. The number of H-pyrrole nitrogens is 2. The van der Waals surface area contributed by atoms with E-state index in [1.54, 1.807) is 12.4 Å². The Balaban J connectivity index is 1.44. The molecule has 0 amide bonds. The van der Waals surface area contributed by atoms with Gasteiger partial charge in [-0.3, -0.25) is 10.1 Å². The monoisotopic (exact) mass is 470 g/mol. The molecule has 4 aromatic heterocycles. The third kappa shape index (κ3) is 4.01. The van der Waals surface area contributed by atoms with E-state index in [0.717, 1.165) is 47.4 Å². The number of anilines is 1. The van der Waals surface area contributed by atoms with Crippen molar-refractivity contribution < 1.29 is 4.39 Å². The fraction of sp³-hybridized carbons (Fsp3) is 0.308. The van der Waals surface area contributed by atoms with E-state index in [1.165, 1.54) is 25.3 Å². The van der Waals surface area contributed by atoms with Gasteiger partial charge in [0.1, 0.15) is 17.0 Å². The largest absolute Gasteiger partial charge is 0.370 e. The molecule has 2 N–H and O–H groups in total. The van der Waals surface area contributed by atoms with Crippen LogP contribution in [-0.4, -0.2) is 62.2 Å². The third-order valence-electron chi connectivity index (χ3n) is 6.55. The maximum absolute atomic E-state index is 15.1. The quantitative estimate of drug-likeness (QED) is 0.385. The van der Waals surface area contributed by atoms with E-state index >= 15 is 4.39 Å². The van der Waals surface area contributed by atoms with Crippen LogP contribution in [-0.2, 0) is 6.54 Å². The van der Waals surface area contributed by atoms with Gasteiger partial charge in [0.2, 0.25) is 0 Å². The lowest BCUT2D eigenvalue weighted by Gasteiger charge is -2.28. The molecule has 9 heteroatoms. The second kappa shape index (κ2) is 8.74. The van der Waals surface area contributed by atoms with Crippen molar-refractivity contribution in [3.05, 3.63) is 54.2 Å². The van der Waals surface area contributed by atoms with Crippen LogP contribution in [0.4, 0.5) is 10.1 Å². The Morgan fingerprint density at radius 3 is 2.77 bits per heavy atom. The van der Waals surface area contributed by atoms with Gasteiger partial charge in [0.05, 0.1) is 11.2 Å². The first-order chi connectivity index (χ1) is 17.1. The van der Waals surface area contributed by atoms with Gasteiger partial charge in [0.15, 0.2) is 11.5 Å². The molecule has 0 bridgehead atoms. The van der Waals surface area contributed by atoms with Gasteiger partial charge in [-0.25, -0.2) is 14.4 Å². The number of rotatable bonds is 5. The summed E-state index contributed by atoms with van der Waals surface area (Å²) in [6.07, 6.45) is 8.96. The van der Waals surface area contributed by atoms with Crippen LogP contribution >= 0.6 is 0 Å². The predicted molar refractivity (Wildman–Crippen MR) is 136 cm³/mol. The number of nitrogens with zero attached hydrogens (tertiary/aromatic N) is 6. The average molecular weight is 471 g/mol. The third-order valence-corrected chi connectivity index (χ3v) is 6.55. The highest BCUT2D eigenvalue weighted by atomic mass is 19.1. The van der Waals surface area contributed by atoms with E-state index in [9.17, 15) is 0 Å². The lowest BCUT2D eigenvalue weighted by molar-refractivity contribution is 0.402. The molecule has 178 valence electrons. The van der Waals surface area contributed by atoms with Gasteiger partial charge >= 0.3 is 0 Å². The van der Waals surface area contributed by atoms with Crippen molar-refractivity contribution in [3.8, 4) is 22.6 Å². The molecule has 1 saturated heterocycles. The minimum Gasteiger partial charge on any atom is -0.370 e. The van der Waals surface area contributed by atoms with Gasteiger partial charge < -0.3 is 14.8 Å². The van der Waals surface area contributed by atoms with E-state index in [4.69, 9.17) is 4.98 Å². The minimum atomic E-state index is -0.324. The minimum absolute atomic E-state index is 0.324. The molecular formula is C26H27FN8. The maximum Gasteiger partial charge on any atom is 0.180 e. The van der Waals surface area contributed by atoms with Crippen molar-refractivity contribution in [2.45, 2.75) is 25.8 Å². The standard InChI is InChI=1S/C26H27FN8/c1-34(2)15-16-10-17(14-28-13-16)18-11-19-21(12-20(18)27)32-33-23(19)26-30-24-22(6-7-29-25(24)31-26)35-8-4-3-5-9-35/h6-7,10-14H,3-5,8-9,15H2,1-2H3,(H,32,33)(H,29,30,31). The maximum atomic E-state index is 15.1. The highest BCUT2D eigenvalue weighted by Crippen LogP contribution is 2.34. The van der Waals surface area contributed by atoms with Gasteiger partial charge in [0, 0.05) is 60.8 Å². The fourth-order valence-electron chi connectivity index (χ4n) is 4.93. The van der Waals surface area contributed by atoms with Crippen LogP contribution in [0.15, 0.2) is 42.9 Å². The van der Waals surface area contributed by atoms with E-state index in [1.807, 2.05) is 38.5 Å². The molecule has 0 radical (unpaired) electrons. The Morgan fingerprint density at radius 1 is 1.09 bits per heavy atom. The van der Waals surface area contributed by atoms with E-state index in [-0.39, 0.29) is 5.82 Å². The van der Waals surface area contributed by atoms with Crippen molar-refractivity contribution in [1.82, 2.24) is 35.0 Å². The van der Waals surface area contributed by atoms with Crippen LogP contribution in [0.2, 0.25) is 0 Å². The van der Waals surface area contributed by atoms with Crippen LogP contribution in [0.1, 0.15) is 24.8 Å². The highest BCUT2D eigenvalue weighted by Gasteiger charge is 2.20. The second-order valence-corrected chi connectivity index (χ2v) is 9.43. The molecule has 0 saturated carbocycles. The van der Waals surface area contributed by atoms with Gasteiger partial charge in [0.25, 0.3) is 0 Å². The molecule has 1 aliphatic heterocycles. The van der Waals surface area contributed by atoms with Gasteiger partial charge in [-0.2, -0.15) is 5.10 Å². The summed E-state index contributed by atoms with van der Waals surface area (Å²) in [6, 6.07) is 7.33. The molecule has 0 spiro atoms. The van der Waals surface area contributed by atoms with E-state index in [2.05, 4.69) is 34.9 Å². The fourth-order valence-corrected chi connectivity index (χ4v) is 4.93. The zero-order chi connectivity index (χ0) is 23.9. The lowest BCUT2D eigenvalue weighted by atomic mass is 10.0. The molecule has 1 fully saturated rings. The summed E-state index contributed by atoms with van der Waals surface area (Å²) >= 11 is 0. The Morgan fingerprint density at radius 2 is 1.94 bits per heavy atom. The van der Waals surface area contributed by atoms with E-state index in [0.29, 0.717) is 28.2 Å². The number of aromatic nitrogens is 6. The molecule has 1 aliphatic rings. The molecule has 6 rings (SSSR count). The first-order valence-electron chi connectivity index (χ1n) is 11.9. The molecule has 0 aliphatic carbocycles. The number of piperidine rings is 1. The summed E-state index contributed by atoms with van der Waals surface area (Å²) in [5.74, 6) is 0.287. The van der Waals surface area contributed by atoms with Crippen molar-refractivity contribution in [2.24, 2.45) is 0 Å². The molecule has 0 atom stereocenters. The Bertz CT molecular complexity index is 1510. The Hall–Kier alpha value is -3.85. The van der Waals surface area contributed by atoms with Crippen LogP contribution in [0.5, 0.6) is 0 Å². The van der Waals surface area contributed by atoms with Crippen molar-refractivity contribution >= 4 is 27.8 Å². The number of aromatic amines is 2. The van der Waals surface area contributed by atoms with E-state index < -0.39 is 0 Å². The van der Waals surface area contributed by atoms with Crippen LogP contribution < -0.4 is 4.90 Å². The molecule has 0 unspecified atom stereocenters. The number of fused-ring (bicyclic) bond motifs is 2. The number of benzene rings is 1. The molecule has 1 aromatic carbocycles. The van der Waals surface area contributed by atoms with Crippen molar-refractivity contribution in [1.29, 1.82) is 0 Å². The topological polar surface area (TPSA) is 89.6 Å². The number of pyridine rings is 2. The number of hydrogen-bond acceptors (Lipinski definition) is 6. The van der Waals surface area contributed by atoms with Crippen LogP contribution in [0.3, 0.4) is 0 Å².